The Kier molecular flexibility index (Phi) is 8.12. The van der Waals surface area contributed by atoms with E-state index in [0.29, 0.717) is 0 Å². The maximum atomic E-state index is 2.44. The summed E-state index contributed by atoms with van der Waals surface area (Å²) in [7, 11) is 0. The zero-order chi connectivity index (χ0) is 37.7. The molecule has 1 heterocycles. The van der Waals surface area contributed by atoms with Crippen molar-refractivity contribution in [3.63, 3.8) is 0 Å². The first-order chi connectivity index (χ1) is 28.2. The highest BCUT2D eigenvalue weighted by Gasteiger charge is 2.18. The predicted molar refractivity (Wildman–Crippen MR) is 247 cm³/mol. The second-order valence-corrected chi connectivity index (χ2v) is 15.9. The lowest BCUT2D eigenvalue weighted by Crippen LogP contribution is -1.92. The summed E-state index contributed by atoms with van der Waals surface area (Å²) in [4.78, 5) is 0. The van der Waals surface area contributed by atoms with Crippen LogP contribution in [0.25, 0.3) is 108 Å². The molecule has 11 aromatic rings. The molecule has 0 aliphatic heterocycles. The van der Waals surface area contributed by atoms with Crippen LogP contribution in [0.15, 0.2) is 218 Å². The number of hydrogen-bond acceptors (Lipinski definition) is 1. The summed E-state index contributed by atoms with van der Waals surface area (Å²) < 4.78 is 2.64. The van der Waals surface area contributed by atoms with E-state index < -0.39 is 0 Å². The van der Waals surface area contributed by atoms with Crippen LogP contribution in [0, 0.1) is 0 Å². The highest BCUT2D eigenvalue weighted by atomic mass is 32.1. The molecular weight excluding hydrogens is 705 g/mol. The van der Waals surface area contributed by atoms with E-state index >= 15 is 0 Å². The molecule has 266 valence electrons. The van der Waals surface area contributed by atoms with Crippen LogP contribution in [-0.2, 0) is 0 Å². The zero-order valence-electron chi connectivity index (χ0n) is 31.2. The van der Waals surface area contributed by atoms with Crippen molar-refractivity contribution in [2.75, 3.05) is 0 Å². The van der Waals surface area contributed by atoms with Crippen molar-refractivity contribution in [1.29, 1.82) is 0 Å². The first kappa shape index (κ1) is 33.3. The van der Waals surface area contributed by atoms with Gasteiger partial charge in [-0.05, 0) is 137 Å². The van der Waals surface area contributed by atoms with Crippen LogP contribution in [-0.4, -0.2) is 0 Å². The quantitative estimate of drug-likeness (QED) is 0.149. The normalized spacial score (nSPS) is 11.5. The molecule has 0 unspecified atom stereocenters. The van der Waals surface area contributed by atoms with E-state index in [9.17, 15) is 0 Å². The number of benzene rings is 10. The summed E-state index contributed by atoms with van der Waals surface area (Å²) in [5.74, 6) is 0. The molecule has 0 nitrogen and oxygen atoms in total. The molecule has 0 saturated carbocycles. The van der Waals surface area contributed by atoms with E-state index in [1.807, 2.05) is 11.3 Å². The predicted octanol–water partition coefficient (Wildman–Crippen LogP) is 16.4. The lowest BCUT2D eigenvalue weighted by atomic mass is 9.84. The average molecular weight is 741 g/mol. The third-order valence-corrected chi connectivity index (χ3v) is 12.6. The Labute approximate surface area is 336 Å². The van der Waals surface area contributed by atoms with Crippen molar-refractivity contribution in [2.45, 2.75) is 0 Å². The SMILES string of the molecule is c1ccc(-c2cccc(-c3cc(-c4ccc5c(-c6ccccc6)c6ccccc6c(-c6ccccc6)c5c4)cc(-c4ccc5sc6ccccc6c5c4)c3)c2)cc1. The minimum atomic E-state index is 1.19. The van der Waals surface area contributed by atoms with Gasteiger partial charge in [-0.15, -0.1) is 11.3 Å². The van der Waals surface area contributed by atoms with Gasteiger partial charge in [0.25, 0.3) is 0 Å². The van der Waals surface area contributed by atoms with Gasteiger partial charge in [-0.2, -0.15) is 0 Å². The highest BCUT2D eigenvalue weighted by molar-refractivity contribution is 7.25. The maximum Gasteiger partial charge on any atom is 0.0355 e. The van der Waals surface area contributed by atoms with Crippen molar-refractivity contribution in [2.24, 2.45) is 0 Å². The molecule has 10 aromatic carbocycles. The number of thiophene rings is 1. The van der Waals surface area contributed by atoms with Crippen molar-refractivity contribution in [1.82, 2.24) is 0 Å². The molecule has 1 aromatic heterocycles. The number of rotatable bonds is 6. The molecule has 0 bridgehead atoms. The molecule has 1 heteroatoms. The first-order valence-electron chi connectivity index (χ1n) is 19.6. The fraction of sp³-hybridized carbons (Fsp3) is 0. The Morgan fingerprint density at radius 1 is 0.193 bits per heavy atom. The van der Waals surface area contributed by atoms with Crippen LogP contribution in [0.5, 0.6) is 0 Å². The zero-order valence-corrected chi connectivity index (χ0v) is 32.0. The van der Waals surface area contributed by atoms with E-state index in [1.165, 1.54) is 108 Å². The monoisotopic (exact) mass is 740 g/mol. The minimum absolute atomic E-state index is 1.19. The standard InChI is InChI=1S/C56H36S/c1-4-15-37(16-5-1)40-21-14-22-41(31-40)44-32-45(34-46(33-44)43-28-30-54-51(35-43)47-23-12-13-26-53(47)57-54)42-27-29-50-52(36-42)56(39-19-8-3-9-20-39)49-25-11-10-24-48(49)55(50)38-17-6-2-7-18-38/h1-36H. The smallest absolute Gasteiger partial charge is 0.0355 e. The van der Waals surface area contributed by atoms with E-state index in [2.05, 4.69) is 218 Å². The van der Waals surface area contributed by atoms with Crippen LogP contribution in [0.2, 0.25) is 0 Å². The summed E-state index contributed by atoms with van der Waals surface area (Å²) in [6, 6.07) is 80.4. The Morgan fingerprint density at radius 3 is 1.19 bits per heavy atom. The molecule has 0 saturated heterocycles. The molecule has 11 rings (SSSR count). The van der Waals surface area contributed by atoms with Crippen LogP contribution in [0.4, 0.5) is 0 Å². The van der Waals surface area contributed by atoms with Crippen molar-refractivity contribution in [3.05, 3.63) is 218 Å². The topological polar surface area (TPSA) is 0 Å². The van der Waals surface area contributed by atoms with Crippen LogP contribution in [0.1, 0.15) is 0 Å². The fourth-order valence-corrected chi connectivity index (χ4v) is 9.82. The molecule has 0 aliphatic rings. The van der Waals surface area contributed by atoms with Gasteiger partial charge in [0.05, 0.1) is 0 Å². The van der Waals surface area contributed by atoms with Gasteiger partial charge in [0, 0.05) is 20.2 Å². The summed E-state index contributed by atoms with van der Waals surface area (Å²) >= 11 is 1.87. The third kappa shape index (κ3) is 5.92. The summed E-state index contributed by atoms with van der Waals surface area (Å²) in [5.41, 5.74) is 14.6. The van der Waals surface area contributed by atoms with Crippen molar-refractivity contribution >= 4 is 53.1 Å². The molecule has 0 fully saturated rings. The van der Waals surface area contributed by atoms with E-state index in [4.69, 9.17) is 0 Å². The highest BCUT2D eigenvalue weighted by Crippen LogP contribution is 2.46. The van der Waals surface area contributed by atoms with Gasteiger partial charge in [0.2, 0.25) is 0 Å². The molecule has 0 aliphatic carbocycles. The van der Waals surface area contributed by atoms with Gasteiger partial charge < -0.3 is 0 Å². The van der Waals surface area contributed by atoms with Gasteiger partial charge in [-0.3, -0.25) is 0 Å². The minimum Gasteiger partial charge on any atom is -0.135 e. The Morgan fingerprint density at radius 2 is 0.579 bits per heavy atom. The van der Waals surface area contributed by atoms with E-state index in [-0.39, 0.29) is 0 Å². The Hall–Kier alpha value is -7.06. The van der Waals surface area contributed by atoms with Gasteiger partial charge >= 0.3 is 0 Å². The number of fused-ring (bicyclic) bond motifs is 5. The van der Waals surface area contributed by atoms with Gasteiger partial charge in [0.1, 0.15) is 0 Å². The molecule has 0 atom stereocenters. The molecular formula is C56H36S. The lowest BCUT2D eigenvalue weighted by Gasteiger charge is -2.19. The number of hydrogen-bond donors (Lipinski definition) is 0. The van der Waals surface area contributed by atoms with Crippen molar-refractivity contribution < 1.29 is 0 Å². The molecule has 57 heavy (non-hydrogen) atoms. The molecule has 0 N–H and O–H groups in total. The fourth-order valence-electron chi connectivity index (χ4n) is 8.73. The second-order valence-electron chi connectivity index (χ2n) is 14.8. The molecule has 0 amide bonds. The maximum absolute atomic E-state index is 2.44. The van der Waals surface area contributed by atoms with Gasteiger partial charge in [-0.25, -0.2) is 0 Å². The van der Waals surface area contributed by atoms with Crippen molar-refractivity contribution in [3.8, 4) is 66.8 Å². The van der Waals surface area contributed by atoms with E-state index in [0.717, 1.165) is 0 Å². The summed E-state index contributed by atoms with van der Waals surface area (Å²) in [6.07, 6.45) is 0. The molecule has 0 radical (unpaired) electrons. The van der Waals surface area contributed by atoms with Crippen LogP contribution < -0.4 is 0 Å². The van der Waals surface area contributed by atoms with Gasteiger partial charge in [-0.1, -0.05) is 170 Å². The largest absolute Gasteiger partial charge is 0.135 e. The van der Waals surface area contributed by atoms with Crippen LogP contribution in [0.3, 0.4) is 0 Å². The molecule has 0 spiro atoms. The van der Waals surface area contributed by atoms with Crippen LogP contribution >= 0.6 is 11.3 Å². The first-order valence-corrected chi connectivity index (χ1v) is 20.4. The summed E-state index contributed by atoms with van der Waals surface area (Å²) in [6.45, 7) is 0. The average Bonchev–Trinajstić information content (AvgIpc) is 3.67. The third-order valence-electron chi connectivity index (χ3n) is 11.4. The Bertz CT molecular complexity index is 3270. The summed E-state index contributed by atoms with van der Waals surface area (Å²) in [5, 5.41) is 7.66. The second kappa shape index (κ2) is 13.9. The van der Waals surface area contributed by atoms with Gasteiger partial charge in [0.15, 0.2) is 0 Å². The Balaban J connectivity index is 1.17. The lowest BCUT2D eigenvalue weighted by molar-refractivity contribution is 1.57. The van der Waals surface area contributed by atoms with E-state index in [1.54, 1.807) is 0 Å².